The van der Waals surface area contributed by atoms with E-state index in [1.165, 1.54) is 18.2 Å². The van der Waals surface area contributed by atoms with Gasteiger partial charge in [0, 0.05) is 11.3 Å². The first-order chi connectivity index (χ1) is 13.2. The number of hydrogen-bond acceptors (Lipinski definition) is 4. The van der Waals surface area contributed by atoms with Crippen molar-refractivity contribution in [1.29, 1.82) is 0 Å². The zero-order valence-corrected chi connectivity index (χ0v) is 16.2. The van der Waals surface area contributed by atoms with Gasteiger partial charge < -0.3 is 9.64 Å². The van der Waals surface area contributed by atoms with E-state index in [1.54, 1.807) is 11.8 Å². The number of esters is 1. The summed E-state index contributed by atoms with van der Waals surface area (Å²) in [7, 11) is 1.41. The van der Waals surface area contributed by atoms with Gasteiger partial charge in [0.1, 0.15) is 5.37 Å². The number of carbonyl (C=O) groups excluding carboxylic acids is 2. The largest absolute Gasteiger partial charge is 0.469 e. The lowest BCUT2D eigenvalue weighted by atomic mass is 9.87. The Morgan fingerprint density at radius 3 is 2.70 bits per heavy atom. The van der Waals surface area contributed by atoms with Crippen molar-refractivity contribution in [2.24, 2.45) is 0 Å². The van der Waals surface area contributed by atoms with Crippen molar-refractivity contribution in [2.75, 3.05) is 12.9 Å². The SMILES string of the molecule is COC(=O)CCS[C@H]1c2ccccc2C(=O)N1[C@@H]1CCCc2ccccc21. The number of aryl methyl sites for hydroxylation is 1. The molecule has 1 aliphatic heterocycles. The number of amides is 1. The van der Waals surface area contributed by atoms with Gasteiger partial charge in [-0.25, -0.2) is 0 Å². The smallest absolute Gasteiger partial charge is 0.306 e. The van der Waals surface area contributed by atoms with Crippen LogP contribution in [0.25, 0.3) is 0 Å². The van der Waals surface area contributed by atoms with Crippen molar-refractivity contribution in [3.63, 3.8) is 0 Å². The molecular weight excluding hydrogens is 358 g/mol. The van der Waals surface area contributed by atoms with Gasteiger partial charge in [0.15, 0.2) is 0 Å². The van der Waals surface area contributed by atoms with Gasteiger partial charge in [-0.15, -0.1) is 11.8 Å². The minimum atomic E-state index is -0.213. The van der Waals surface area contributed by atoms with Gasteiger partial charge in [-0.1, -0.05) is 42.5 Å². The van der Waals surface area contributed by atoms with E-state index in [9.17, 15) is 9.59 Å². The lowest BCUT2D eigenvalue weighted by Crippen LogP contribution is -2.33. The maximum atomic E-state index is 13.3. The molecule has 0 bridgehead atoms. The lowest BCUT2D eigenvalue weighted by molar-refractivity contribution is -0.140. The fourth-order valence-electron chi connectivity index (χ4n) is 4.15. The number of thioether (sulfide) groups is 1. The van der Waals surface area contributed by atoms with Crippen molar-refractivity contribution < 1.29 is 14.3 Å². The van der Waals surface area contributed by atoms with Crippen LogP contribution in [0.2, 0.25) is 0 Å². The van der Waals surface area contributed by atoms with Gasteiger partial charge in [0.2, 0.25) is 0 Å². The molecule has 1 heterocycles. The van der Waals surface area contributed by atoms with E-state index < -0.39 is 0 Å². The Bertz CT molecular complexity index is 866. The summed E-state index contributed by atoms with van der Waals surface area (Å²) in [5, 5.41) is -0.0606. The Kier molecular flexibility index (Phi) is 5.21. The summed E-state index contributed by atoms with van der Waals surface area (Å²) < 4.78 is 4.76. The first-order valence-corrected chi connectivity index (χ1v) is 10.4. The van der Waals surface area contributed by atoms with E-state index in [0.717, 1.165) is 30.4 Å². The molecule has 0 spiro atoms. The Balaban J connectivity index is 1.66. The van der Waals surface area contributed by atoms with Crippen molar-refractivity contribution in [3.05, 3.63) is 70.8 Å². The van der Waals surface area contributed by atoms with E-state index in [0.29, 0.717) is 12.2 Å². The van der Waals surface area contributed by atoms with Crippen LogP contribution < -0.4 is 0 Å². The summed E-state index contributed by atoms with van der Waals surface area (Å²) in [6, 6.07) is 16.4. The van der Waals surface area contributed by atoms with Crippen molar-refractivity contribution in [1.82, 2.24) is 4.90 Å². The highest BCUT2D eigenvalue weighted by Gasteiger charge is 2.42. The van der Waals surface area contributed by atoms with Crippen LogP contribution in [-0.4, -0.2) is 29.6 Å². The van der Waals surface area contributed by atoms with Crippen LogP contribution in [0.4, 0.5) is 0 Å². The normalized spacial score (nSPS) is 20.9. The molecule has 2 aromatic carbocycles. The summed E-state index contributed by atoms with van der Waals surface area (Å²) in [5.74, 6) is 0.515. The molecule has 2 aromatic rings. The Labute approximate surface area is 163 Å². The Morgan fingerprint density at radius 2 is 1.89 bits per heavy atom. The number of ether oxygens (including phenoxy) is 1. The molecule has 4 rings (SSSR count). The third-order valence-electron chi connectivity index (χ3n) is 5.43. The molecule has 2 aliphatic rings. The molecule has 0 N–H and O–H groups in total. The van der Waals surface area contributed by atoms with E-state index in [-0.39, 0.29) is 23.3 Å². The Morgan fingerprint density at radius 1 is 1.15 bits per heavy atom. The number of carbonyl (C=O) groups is 2. The summed E-state index contributed by atoms with van der Waals surface area (Å²) >= 11 is 1.65. The monoisotopic (exact) mass is 381 g/mol. The molecule has 1 aliphatic carbocycles. The lowest BCUT2D eigenvalue weighted by Gasteiger charge is -2.37. The molecule has 2 atom stereocenters. The number of rotatable bonds is 5. The maximum absolute atomic E-state index is 13.3. The molecule has 27 heavy (non-hydrogen) atoms. The van der Waals surface area contributed by atoms with Gasteiger partial charge in [-0.05, 0) is 42.0 Å². The topological polar surface area (TPSA) is 46.6 Å². The van der Waals surface area contributed by atoms with Crippen molar-refractivity contribution >= 4 is 23.6 Å². The van der Waals surface area contributed by atoms with Gasteiger partial charge in [-0.3, -0.25) is 9.59 Å². The maximum Gasteiger partial charge on any atom is 0.306 e. The van der Waals surface area contributed by atoms with Crippen LogP contribution in [0, 0.1) is 0 Å². The molecule has 4 nitrogen and oxygen atoms in total. The molecule has 0 saturated carbocycles. The first kappa shape index (κ1) is 18.1. The average Bonchev–Trinajstić information content (AvgIpc) is 2.99. The van der Waals surface area contributed by atoms with Crippen LogP contribution in [0.5, 0.6) is 0 Å². The summed E-state index contributed by atoms with van der Waals surface area (Å²) in [5.41, 5.74) is 4.45. The molecule has 0 unspecified atom stereocenters. The van der Waals surface area contributed by atoms with Crippen molar-refractivity contribution in [2.45, 2.75) is 37.1 Å². The first-order valence-electron chi connectivity index (χ1n) is 9.38. The molecule has 1 amide bonds. The summed E-state index contributed by atoms with van der Waals surface area (Å²) in [6.45, 7) is 0. The van der Waals surface area contributed by atoms with Gasteiger partial charge in [-0.2, -0.15) is 0 Å². The molecule has 0 radical (unpaired) electrons. The van der Waals surface area contributed by atoms with E-state index >= 15 is 0 Å². The Hall–Kier alpha value is -2.27. The molecule has 5 heteroatoms. The highest BCUT2D eigenvalue weighted by atomic mass is 32.2. The molecule has 0 aromatic heterocycles. The zero-order valence-electron chi connectivity index (χ0n) is 15.4. The average molecular weight is 381 g/mol. The molecule has 140 valence electrons. The van der Waals surface area contributed by atoms with Gasteiger partial charge in [0.05, 0.1) is 19.6 Å². The minimum absolute atomic E-state index is 0.0606. The number of hydrogen-bond donors (Lipinski definition) is 0. The molecule has 0 saturated heterocycles. The second-order valence-electron chi connectivity index (χ2n) is 6.96. The van der Waals surface area contributed by atoms with E-state index in [1.807, 2.05) is 29.2 Å². The third-order valence-corrected chi connectivity index (χ3v) is 6.66. The zero-order chi connectivity index (χ0) is 18.8. The fraction of sp³-hybridized carbons (Fsp3) is 0.364. The van der Waals surface area contributed by atoms with E-state index in [2.05, 4.69) is 24.3 Å². The number of fused-ring (bicyclic) bond motifs is 2. The highest BCUT2D eigenvalue weighted by Crippen LogP contribution is 2.48. The number of methoxy groups -OCH3 is 1. The van der Waals surface area contributed by atoms with Crippen LogP contribution >= 0.6 is 11.8 Å². The molecule has 0 fully saturated rings. The van der Waals surface area contributed by atoms with Crippen LogP contribution in [0.1, 0.15) is 57.7 Å². The summed E-state index contributed by atoms with van der Waals surface area (Å²) in [6.07, 6.45) is 3.48. The van der Waals surface area contributed by atoms with Crippen LogP contribution in [0.15, 0.2) is 48.5 Å². The number of nitrogens with zero attached hydrogens (tertiary/aromatic N) is 1. The minimum Gasteiger partial charge on any atom is -0.469 e. The highest BCUT2D eigenvalue weighted by molar-refractivity contribution is 7.99. The van der Waals surface area contributed by atoms with Crippen LogP contribution in [-0.2, 0) is 16.0 Å². The molecular formula is C22H23NO3S. The van der Waals surface area contributed by atoms with Gasteiger partial charge in [0.25, 0.3) is 5.91 Å². The summed E-state index contributed by atoms with van der Waals surface area (Å²) in [4.78, 5) is 26.9. The van der Waals surface area contributed by atoms with Gasteiger partial charge >= 0.3 is 5.97 Å². The van der Waals surface area contributed by atoms with Crippen LogP contribution in [0.3, 0.4) is 0 Å². The predicted molar refractivity (Wildman–Crippen MR) is 107 cm³/mol. The third kappa shape index (κ3) is 3.36. The standard InChI is InChI=1S/C22H23NO3S/c1-26-20(24)13-14-27-22-18-11-5-4-10-17(18)21(25)23(22)19-12-6-8-15-7-2-3-9-16(15)19/h2-5,7,9-11,19,22H,6,8,12-14H2,1H3/t19-,22+/m1/s1. The van der Waals surface area contributed by atoms with E-state index in [4.69, 9.17) is 4.74 Å². The quantitative estimate of drug-likeness (QED) is 0.715. The fourth-order valence-corrected chi connectivity index (χ4v) is 5.45. The van der Waals surface area contributed by atoms with Crippen molar-refractivity contribution in [3.8, 4) is 0 Å². The number of benzene rings is 2. The second-order valence-corrected chi connectivity index (χ2v) is 8.14. The second kappa shape index (κ2) is 7.77. The predicted octanol–water partition coefficient (Wildman–Crippen LogP) is 4.51.